The summed E-state index contributed by atoms with van der Waals surface area (Å²) >= 11 is 0. The Balaban J connectivity index is 3.36. The molecular weight excluding hydrogens is 244 g/mol. The zero-order valence-corrected chi connectivity index (χ0v) is 9.73. The Morgan fingerprint density at radius 2 is 2.00 bits per heavy atom. The molecule has 0 unspecified atom stereocenters. The highest BCUT2D eigenvalue weighted by Gasteiger charge is 2.23. The minimum atomic E-state index is -2.07. The summed E-state index contributed by atoms with van der Waals surface area (Å²) in [5, 5.41) is 20.1. The van der Waals surface area contributed by atoms with Crippen molar-refractivity contribution in [3.8, 4) is 0 Å². The first-order valence-electron chi connectivity index (χ1n) is 4.92. The highest BCUT2D eigenvalue weighted by molar-refractivity contribution is 6.58. The van der Waals surface area contributed by atoms with Crippen molar-refractivity contribution in [2.45, 2.75) is 6.92 Å². The summed E-state index contributed by atoms with van der Waals surface area (Å²) in [6.07, 6.45) is 0. The molecule has 1 amide bonds. The number of methoxy groups -OCH3 is 1. The highest BCUT2D eigenvalue weighted by Crippen LogP contribution is 2.17. The van der Waals surface area contributed by atoms with Gasteiger partial charge in [-0.1, -0.05) is 0 Å². The Labute approximate surface area is 103 Å². The SMILES string of the molecule is COC(=O)c1cc(B(O)O)c(F)cc1NC(C)=O. The number of anilines is 1. The third kappa shape index (κ3) is 3.05. The van der Waals surface area contributed by atoms with Crippen molar-refractivity contribution in [1.29, 1.82) is 0 Å². The van der Waals surface area contributed by atoms with Crippen LogP contribution in [0, 0.1) is 5.82 Å². The third-order valence-corrected chi connectivity index (χ3v) is 2.13. The smallest absolute Gasteiger partial charge is 0.465 e. The molecule has 96 valence electrons. The molecule has 0 fully saturated rings. The molecule has 0 saturated heterocycles. The van der Waals surface area contributed by atoms with Crippen LogP contribution in [0.1, 0.15) is 17.3 Å². The van der Waals surface area contributed by atoms with E-state index in [-0.39, 0.29) is 11.3 Å². The maximum atomic E-state index is 13.5. The predicted octanol–water partition coefficient (Wildman–Crippen LogP) is -0.750. The Bertz CT molecular complexity index is 491. The first-order chi connectivity index (χ1) is 8.36. The molecule has 1 aromatic rings. The van der Waals surface area contributed by atoms with Gasteiger partial charge in [0.25, 0.3) is 0 Å². The second kappa shape index (κ2) is 5.61. The van der Waals surface area contributed by atoms with Gasteiger partial charge >= 0.3 is 13.1 Å². The largest absolute Gasteiger partial charge is 0.491 e. The van der Waals surface area contributed by atoms with E-state index in [1.165, 1.54) is 6.92 Å². The summed E-state index contributed by atoms with van der Waals surface area (Å²) in [5.41, 5.74) is -0.752. The molecule has 1 rings (SSSR count). The molecule has 1 aromatic carbocycles. The lowest BCUT2D eigenvalue weighted by Gasteiger charge is -2.11. The number of halogens is 1. The first kappa shape index (κ1) is 14.1. The van der Waals surface area contributed by atoms with Crippen molar-refractivity contribution in [2.24, 2.45) is 0 Å². The monoisotopic (exact) mass is 255 g/mol. The summed E-state index contributed by atoms with van der Waals surface area (Å²) in [6, 6.07) is 1.74. The maximum Gasteiger partial charge on any atom is 0.491 e. The van der Waals surface area contributed by atoms with E-state index >= 15 is 0 Å². The van der Waals surface area contributed by atoms with Crippen molar-refractivity contribution in [3.63, 3.8) is 0 Å². The minimum Gasteiger partial charge on any atom is -0.465 e. The van der Waals surface area contributed by atoms with Gasteiger partial charge < -0.3 is 20.1 Å². The van der Waals surface area contributed by atoms with Gasteiger partial charge in [-0.3, -0.25) is 4.79 Å². The molecule has 18 heavy (non-hydrogen) atoms. The lowest BCUT2D eigenvalue weighted by atomic mass is 9.78. The molecule has 0 aliphatic heterocycles. The first-order valence-corrected chi connectivity index (χ1v) is 4.92. The minimum absolute atomic E-state index is 0.101. The maximum absolute atomic E-state index is 13.5. The summed E-state index contributed by atoms with van der Waals surface area (Å²) in [7, 11) is -0.960. The molecule has 8 heteroatoms. The van der Waals surface area contributed by atoms with Gasteiger partial charge in [0.15, 0.2) is 0 Å². The average molecular weight is 255 g/mol. The summed E-state index contributed by atoms with van der Waals surface area (Å²) in [5.74, 6) is -2.29. The van der Waals surface area contributed by atoms with E-state index in [1.54, 1.807) is 0 Å². The molecule has 0 heterocycles. The number of benzene rings is 1. The molecule has 0 aromatic heterocycles. The molecule has 0 atom stereocenters. The normalized spacial score (nSPS) is 9.83. The van der Waals surface area contributed by atoms with Gasteiger partial charge in [0.1, 0.15) is 5.82 Å². The van der Waals surface area contributed by atoms with E-state index in [0.717, 1.165) is 19.2 Å². The van der Waals surface area contributed by atoms with Gasteiger partial charge in [-0.2, -0.15) is 0 Å². The van der Waals surface area contributed by atoms with Crippen LogP contribution >= 0.6 is 0 Å². The second-order valence-electron chi connectivity index (χ2n) is 3.47. The van der Waals surface area contributed by atoms with Crippen LogP contribution in [-0.4, -0.2) is 36.2 Å². The van der Waals surface area contributed by atoms with Gasteiger partial charge in [0.2, 0.25) is 5.91 Å². The quantitative estimate of drug-likeness (QED) is 0.488. The summed E-state index contributed by atoms with van der Waals surface area (Å²) < 4.78 is 17.9. The Morgan fingerprint density at radius 3 is 2.44 bits per heavy atom. The van der Waals surface area contributed by atoms with Gasteiger partial charge in [0, 0.05) is 12.4 Å². The van der Waals surface area contributed by atoms with Gasteiger partial charge in [-0.25, -0.2) is 9.18 Å². The van der Waals surface area contributed by atoms with Crippen molar-refractivity contribution in [3.05, 3.63) is 23.5 Å². The van der Waals surface area contributed by atoms with E-state index in [0.29, 0.717) is 0 Å². The fraction of sp³-hybridized carbons (Fsp3) is 0.200. The number of rotatable bonds is 3. The molecule has 0 saturated carbocycles. The fourth-order valence-corrected chi connectivity index (χ4v) is 1.36. The van der Waals surface area contributed by atoms with Gasteiger partial charge in [-0.15, -0.1) is 0 Å². The zero-order valence-electron chi connectivity index (χ0n) is 9.73. The number of amides is 1. The fourth-order valence-electron chi connectivity index (χ4n) is 1.36. The van der Waals surface area contributed by atoms with Crippen LogP contribution in [0.15, 0.2) is 12.1 Å². The van der Waals surface area contributed by atoms with Crippen LogP contribution < -0.4 is 10.8 Å². The van der Waals surface area contributed by atoms with Crippen molar-refractivity contribution < 1.29 is 28.8 Å². The number of carbonyl (C=O) groups excluding carboxylic acids is 2. The summed E-state index contributed by atoms with van der Waals surface area (Å²) in [6.45, 7) is 1.19. The van der Waals surface area contributed by atoms with Crippen molar-refractivity contribution in [2.75, 3.05) is 12.4 Å². The number of hydrogen-bond acceptors (Lipinski definition) is 5. The van der Waals surface area contributed by atoms with Crippen LogP contribution in [0.5, 0.6) is 0 Å². The van der Waals surface area contributed by atoms with Crippen LogP contribution in [-0.2, 0) is 9.53 Å². The van der Waals surface area contributed by atoms with Gasteiger partial charge in [0.05, 0.1) is 18.4 Å². The standard InChI is InChI=1S/C10H11BFNO5/c1-5(14)13-9-4-8(12)7(11(16)17)3-6(9)10(15)18-2/h3-4,16-17H,1-2H3,(H,13,14). The number of esters is 1. The number of carbonyl (C=O) groups is 2. The van der Waals surface area contributed by atoms with Crippen LogP contribution in [0.2, 0.25) is 0 Å². The molecule has 0 bridgehead atoms. The van der Waals surface area contributed by atoms with Crippen molar-refractivity contribution in [1.82, 2.24) is 0 Å². The number of nitrogens with one attached hydrogen (secondary N) is 1. The Kier molecular flexibility index (Phi) is 4.41. The third-order valence-electron chi connectivity index (χ3n) is 2.13. The molecule has 0 spiro atoms. The molecule has 0 radical (unpaired) electrons. The predicted molar refractivity (Wildman–Crippen MR) is 61.9 cm³/mol. The van der Waals surface area contributed by atoms with E-state index in [1.807, 2.05) is 0 Å². The lowest BCUT2D eigenvalue weighted by molar-refractivity contribution is -0.114. The van der Waals surface area contributed by atoms with Crippen LogP contribution in [0.4, 0.5) is 10.1 Å². The van der Waals surface area contributed by atoms with Gasteiger partial charge in [-0.05, 0) is 12.1 Å². The topological polar surface area (TPSA) is 95.9 Å². The Morgan fingerprint density at radius 1 is 1.39 bits per heavy atom. The van der Waals surface area contributed by atoms with Crippen LogP contribution in [0.25, 0.3) is 0 Å². The van der Waals surface area contributed by atoms with E-state index in [2.05, 4.69) is 10.1 Å². The number of ether oxygens (including phenoxy) is 1. The Hall–Kier alpha value is -1.93. The van der Waals surface area contributed by atoms with E-state index in [4.69, 9.17) is 10.0 Å². The zero-order chi connectivity index (χ0) is 13.9. The van der Waals surface area contributed by atoms with E-state index < -0.39 is 30.3 Å². The second-order valence-corrected chi connectivity index (χ2v) is 3.47. The molecular formula is C10H11BFNO5. The molecule has 3 N–H and O–H groups in total. The van der Waals surface area contributed by atoms with E-state index in [9.17, 15) is 14.0 Å². The molecule has 6 nitrogen and oxygen atoms in total. The van der Waals surface area contributed by atoms with Crippen molar-refractivity contribution >= 4 is 30.1 Å². The molecule has 0 aliphatic carbocycles. The van der Waals surface area contributed by atoms with Crippen LogP contribution in [0.3, 0.4) is 0 Å². The lowest BCUT2D eigenvalue weighted by Crippen LogP contribution is -2.34. The summed E-state index contributed by atoms with van der Waals surface area (Å²) in [4.78, 5) is 22.4. The highest BCUT2D eigenvalue weighted by atomic mass is 19.1. The molecule has 0 aliphatic rings. The average Bonchev–Trinajstić information content (AvgIpc) is 2.27. The number of hydrogen-bond donors (Lipinski definition) is 3.